The molecule has 7 heteroatoms. The van der Waals surface area contributed by atoms with Gasteiger partial charge in [-0.05, 0) is 65.4 Å². The molecule has 1 atom stereocenters. The molecular weight excluding hydrogens is 456 g/mol. The van der Waals surface area contributed by atoms with Gasteiger partial charge in [-0.25, -0.2) is 0 Å². The molecule has 3 aromatic rings. The molecule has 0 fully saturated rings. The molecule has 1 N–H and O–H groups in total. The Morgan fingerprint density at radius 1 is 0.889 bits per heavy atom. The van der Waals surface area contributed by atoms with Crippen LogP contribution in [0.4, 0.5) is 5.69 Å². The van der Waals surface area contributed by atoms with Gasteiger partial charge >= 0.3 is 0 Å². The third-order valence-corrected chi connectivity index (χ3v) is 6.71. The maximum atomic E-state index is 11.6. The van der Waals surface area contributed by atoms with E-state index in [0.717, 1.165) is 42.0 Å². The minimum atomic E-state index is -0.0486. The number of fused-ring (bicyclic) bond motifs is 1. The molecule has 0 saturated heterocycles. The fraction of sp³-hybridized carbons (Fsp3) is 0.345. The van der Waals surface area contributed by atoms with Crippen molar-refractivity contribution in [3.63, 3.8) is 0 Å². The molecule has 1 aliphatic heterocycles. The van der Waals surface area contributed by atoms with Crippen molar-refractivity contribution in [1.82, 2.24) is 5.32 Å². The zero-order chi connectivity index (χ0) is 25.7. The van der Waals surface area contributed by atoms with Crippen LogP contribution in [0.15, 0.2) is 54.6 Å². The number of nitrogens with zero attached hydrogens (tertiary/aromatic N) is 1. The zero-order valence-corrected chi connectivity index (χ0v) is 21.6. The highest BCUT2D eigenvalue weighted by Crippen LogP contribution is 2.42. The van der Waals surface area contributed by atoms with E-state index < -0.39 is 0 Å². The second-order valence-corrected chi connectivity index (χ2v) is 8.80. The summed E-state index contributed by atoms with van der Waals surface area (Å²) < 4.78 is 22.3. The van der Waals surface area contributed by atoms with Gasteiger partial charge in [-0.1, -0.05) is 24.3 Å². The van der Waals surface area contributed by atoms with Crippen LogP contribution in [0.3, 0.4) is 0 Å². The highest BCUT2D eigenvalue weighted by atomic mass is 16.5. The molecule has 1 unspecified atom stereocenters. The molecule has 36 heavy (non-hydrogen) atoms. The lowest BCUT2D eigenvalue weighted by Crippen LogP contribution is -2.37. The summed E-state index contributed by atoms with van der Waals surface area (Å²) in [5.41, 5.74) is 5.76. The predicted octanol–water partition coefficient (Wildman–Crippen LogP) is 4.70. The van der Waals surface area contributed by atoms with Gasteiger partial charge in [0.25, 0.3) is 0 Å². The van der Waals surface area contributed by atoms with Gasteiger partial charge in [0.2, 0.25) is 5.91 Å². The van der Waals surface area contributed by atoms with Crippen LogP contribution in [-0.2, 0) is 24.2 Å². The maximum absolute atomic E-state index is 11.6. The van der Waals surface area contributed by atoms with Crippen molar-refractivity contribution in [3.8, 4) is 23.0 Å². The summed E-state index contributed by atoms with van der Waals surface area (Å²) in [7, 11) is 6.62. The molecule has 7 nitrogen and oxygen atoms in total. The molecule has 3 aromatic carbocycles. The van der Waals surface area contributed by atoms with Crippen molar-refractivity contribution >= 4 is 11.6 Å². The van der Waals surface area contributed by atoms with E-state index in [9.17, 15) is 4.79 Å². The van der Waals surface area contributed by atoms with Crippen molar-refractivity contribution < 1.29 is 23.7 Å². The lowest BCUT2D eigenvalue weighted by molar-refractivity contribution is -0.119. The summed E-state index contributed by atoms with van der Waals surface area (Å²) in [4.78, 5) is 14.1. The number of hydrogen-bond acceptors (Lipinski definition) is 6. The van der Waals surface area contributed by atoms with Crippen molar-refractivity contribution in [3.05, 3.63) is 76.9 Å². The molecule has 1 aliphatic rings. The quantitative estimate of drug-likeness (QED) is 0.469. The van der Waals surface area contributed by atoms with Gasteiger partial charge < -0.3 is 29.2 Å². The number of rotatable bonds is 9. The molecule has 1 heterocycles. The first-order valence-electron chi connectivity index (χ1n) is 12.0. The van der Waals surface area contributed by atoms with E-state index in [2.05, 4.69) is 40.5 Å². The van der Waals surface area contributed by atoms with Crippen LogP contribution in [0.1, 0.15) is 35.2 Å². The summed E-state index contributed by atoms with van der Waals surface area (Å²) in [6.45, 7) is 2.85. The van der Waals surface area contributed by atoms with Crippen LogP contribution >= 0.6 is 0 Å². The molecule has 0 bridgehead atoms. The van der Waals surface area contributed by atoms with Crippen LogP contribution in [0, 0.1) is 0 Å². The van der Waals surface area contributed by atoms with E-state index in [1.807, 2.05) is 24.3 Å². The van der Waals surface area contributed by atoms with Crippen molar-refractivity contribution in [2.75, 3.05) is 39.9 Å². The summed E-state index contributed by atoms with van der Waals surface area (Å²) in [5.74, 6) is 2.81. The Balaban J connectivity index is 1.80. The number of hydrogen-bond donors (Lipinski definition) is 1. The Kier molecular flexibility index (Phi) is 7.88. The average molecular weight is 491 g/mol. The SMILES string of the molecule is COc1ccc(CC2c3cc(OC)c(OC)cc3CCN2c2ccccc2CNC(C)=O)cc1OC. The molecule has 190 valence electrons. The normalized spacial score (nSPS) is 14.6. The number of carbonyl (C=O) groups excluding carboxylic acids is 1. The standard InChI is InChI=1S/C29H34N2O5/c1-19(32)30-18-22-8-6-7-9-24(22)31-13-12-21-16-28(35-4)29(36-5)17-23(21)25(31)14-20-10-11-26(33-2)27(15-20)34-3/h6-11,15-17,25H,12-14,18H2,1-5H3,(H,30,32). The monoisotopic (exact) mass is 490 g/mol. The largest absolute Gasteiger partial charge is 0.493 e. The summed E-state index contributed by atoms with van der Waals surface area (Å²) in [6, 6.07) is 18.5. The second kappa shape index (κ2) is 11.2. The fourth-order valence-electron chi connectivity index (χ4n) is 4.93. The third-order valence-electron chi connectivity index (χ3n) is 6.71. The van der Waals surface area contributed by atoms with E-state index in [1.165, 1.54) is 11.1 Å². The van der Waals surface area contributed by atoms with Gasteiger partial charge in [0, 0.05) is 25.7 Å². The van der Waals surface area contributed by atoms with E-state index in [4.69, 9.17) is 18.9 Å². The summed E-state index contributed by atoms with van der Waals surface area (Å²) in [5, 5.41) is 2.95. The van der Waals surface area contributed by atoms with Gasteiger partial charge in [0.1, 0.15) is 0 Å². The number of carbonyl (C=O) groups is 1. The highest BCUT2D eigenvalue weighted by molar-refractivity contribution is 5.73. The first-order valence-corrected chi connectivity index (χ1v) is 12.0. The Bertz CT molecular complexity index is 1230. The van der Waals surface area contributed by atoms with Crippen molar-refractivity contribution in [2.24, 2.45) is 0 Å². The number of para-hydroxylation sites is 1. The second-order valence-electron chi connectivity index (χ2n) is 8.80. The minimum Gasteiger partial charge on any atom is -0.493 e. The highest BCUT2D eigenvalue weighted by Gasteiger charge is 2.31. The number of methoxy groups -OCH3 is 4. The van der Waals surface area contributed by atoms with Crippen molar-refractivity contribution in [1.29, 1.82) is 0 Å². The van der Waals surface area contributed by atoms with Gasteiger partial charge in [0.15, 0.2) is 23.0 Å². The topological polar surface area (TPSA) is 69.3 Å². The molecule has 0 radical (unpaired) electrons. The molecule has 0 saturated carbocycles. The molecule has 0 aromatic heterocycles. The Morgan fingerprint density at radius 2 is 1.56 bits per heavy atom. The van der Waals surface area contributed by atoms with E-state index in [1.54, 1.807) is 35.4 Å². The van der Waals surface area contributed by atoms with Gasteiger partial charge in [-0.15, -0.1) is 0 Å². The number of nitrogens with one attached hydrogen (secondary N) is 1. The lowest BCUT2D eigenvalue weighted by Gasteiger charge is -2.40. The van der Waals surface area contributed by atoms with Crippen LogP contribution in [-0.4, -0.2) is 40.9 Å². The molecular formula is C29H34N2O5. The van der Waals surface area contributed by atoms with Gasteiger partial charge in [-0.2, -0.15) is 0 Å². The third kappa shape index (κ3) is 5.20. The maximum Gasteiger partial charge on any atom is 0.217 e. The fourth-order valence-corrected chi connectivity index (χ4v) is 4.93. The van der Waals surface area contributed by atoms with Gasteiger partial charge in [0.05, 0.1) is 34.5 Å². The van der Waals surface area contributed by atoms with Crippen LogP contribution in [0.5, 0.6) is 23.0 Å². The van der Waals surface area contributed by atoms with E-state index in [0.29, 0.717) is 23.8 Å². The first-order chi connectivity index (χ1) is 17.5. The Labute approximate surface area is 212 Å². The molecule has 0 spiro atoms. The number of anilines is 1. The Morgan fingerprint density at radius 3 is 2.25 bits per heavy atom. The molecule has 0 aliphatic carbocycles. The summed E-state index contributed by atoms with van der Waals surface area (Å²) in [6.07, 6.45) is 1.61. The van der Waals surface area contributed by atoms with Crippen molar-refractivity contribution in [2.45, 2.75) is 32.4 Å². The van der Waals surface area contributed by atoms with E-state index >= 15 is 0 Å². The predicted molar refractivity (Wildman–Crippen MR) is 141 cm³/mol. The lowest BCUT2D eigenvalue weighted by atomic mass is 9.87. The number of amides is 1. The number of benzene rings is 3. The summed E-state index contributed by atoms with van der Waals surface area (Å²) >= 11 is 0. The van der Waals surface area contributed by atoms with Crippen LogP contribution < -0.4 is 29.2 Å². The van der Waals surface area contributed by atoms with E-state index in [-0.39, 0.29) is 11.9 Å². The minimum absolute atomic E-state index is 0.0325. The van der Waals surface area contributed by atoms with Crippen LogP contribution in [0.2, 0.25) is 0 Å². The molecule has 1 amide bonds. The smallest absolute Gasteiger partial charge is 0.217 e. The average Bonchev–Trinajstić information content (AvgIpc) is 2.91. The zero-order valence-electron chi connectivity index (χ0n) is 21.6. The van der Waals surface area contributed by atoms with Crippen LogP contribution in [0.25, 0.3) is 0 Å². The van der Waals surface area contributed by atoms with Gasteiger partial charge in [-0.3, -0.25) is 4.79 Å². The number of ether oxygens (including phenoxy) is 4. The molecule has 4 rings (SSSR count). The first kappa shape index (κ1) is 25.2. The Hall–Kier alpha value is -3.87.